The molecule has 0 spiro atoms. The van der Waals surface area contributed by atoms with Crippen molar-refractivity contribution in [2.75, 3.05) is 12.8 Å². The second-order valence-electron chi connectivity index (χ2n) is 9.06. The number of nitrogens with one attached hydrogen (secondary N) is 1. The summed E-state index contributed by atoms with van der Waals surface area (Å²) in [6.07, 6.45) is 9.86. The summed E-state index contributed by atoms with van der Waals surface area (Å²) >= 11 is 7.71. The lowest BCUT2D eigenvalue weighted by molar-refractivity contribution is 0.215. The SMILES string of the molecule is CS(=O)(=O)C1(c2ccn(C(=O)NCCC3(c4ncc(-c5ccc(Cl)cc5)s4)CCC3)n2)CC1. The Morgan fingerprint density at radius 2 is 1.91 bits per heavy atom. The lowest BCUT2D eigenvalue weighted by atomic mass is 9.67. The highest BCUT2D eigenvalue weighted by molar-refractivity contribution is 7.91. The van der Waals surface area contributed by atoms with E-state index in [1.54, 1.807) is 17.4 Å². The first kappa shape index (κ1) is 22.6. The first-order valence-electron chi connectivity index (χ1n) is 11.0. The Morgan fingerprint density at radius 3 is 2.52 bits per heavy atom. The van der Waals surface area contributed by atoms with E-state index in [0.29, 0.717) is 30.1 Å². The Kier molecular flexibility index (Phi) is 5.61. The maximum absolute atomic E-state index is 12.6. The van der Waals surface area contributed by atoms with Crippen LogP contribution in [0.3, 0.4) is 0 Å². The number of halogens is 1. The predicted molar refractivity (Wildman–Crippen MR) is 129 cm³/mol. The molecule has 174 valence electrons. The molecule has 2 heterocycles. The number of rotatable bonds is 7. The summed E-state index contributed by atoms with van der Waals surface area (Å²) in [6.45, 7) is 0.501. The van der Waals surface area contributed by atoms with Gasteiger partial charge >= 0.3 is 6.03 Å². The summed E-state index contributed by atoms with van der Waals surface area (Å²) in [5, 5.41) is 9.02. The standard InChI is InChI=1S/C23H25ClN4O3S2/c1-33(30,31)23(10-11-23)19-7-14-28(27-19)21(29)25-13-12-22(8-2-9-22)20-26-15-18(32-20)16-3-5-17(24)6-4-16/h3-7,14-15H,2,8-13H2,1H3,(H,25,29). The molecule has 33 heavy (non-hydrogen) atoms. The molecule has 0 aliphatic heterocycles. The zero-order chi connectivity index (χ0) is 23.3. The number of nitrogens with zero attached hydrogens (tertiary/aromatic N) is 3. The molecule has 10 heteroatoms. The zero-order valence-electron chi connectivity index (χ0n) is 18.3. The average molecular weight is 505 g/mol. The van der Waals surface area contributed by atoms with Crippen LogP contribution in [0.15, 0.2) is 42.7 Å². The fraction of sp³-hybridized carbons (Fsp3) is 0.435. The van der Waals surface area contributed by atoms with Crippen molar-refractivity contribution < 1.29 is 13.2 Å². The number of thiazole rings is 1. The fourth-order valence-electron chi connectivity index (χ4n) is 4.54. The van der Waals surface area contributed by atoms with Crippen LogP contribution in [-0.2, 0) is 20.0 Å². The predicted octanol–water partition coefficient (Wildman–Crippen LogP) is 4.76. The minimum Gasteiger partial charge on any atom is -0.336 e. The molecule has 0 saturated heterocycles. The lowest BCUT2D eigenvalue weighted by Gasteiger charge is -2.40. The highest BCUT2D eigenvalue weighted by Gasteiger charge is 2.55. The van der Waals surface area contributed by atoms with Gasteiger partial charge in [-0.1, -0.05) is 30.2 Å². The van der Waals surface area contributed by atoms with Crippen molar-refractivity contribution in [1.82, 2.24) is 20.1 Å². The van der Waals surface area contributed by atoms with Crippen molar-refractivity contribution in [1.29, 1.82) is 0 Å². The van der Waals surface area contributed by atoms with E-state index in [1.807, 2.05) is 30.5 Å². The topological polar surface area (TPSA) is 94.0 Å². The fourth-order valence-corrected chi connectivity index (χ4v) is 7.20. The third-order valence-electron chi connectivity index (χ3n) is 6.96. The number of hydrogen-bond donors (Lipinski definition) is 1. The molecule has 1 amide bonds. The molecule has 0 bridgehead atoms. The molecule has 2 aliphatic carbocycles. The summed E-state index contributed by atoms with van der Waals surface area (Å²) in [7, 11) is -3.26. The minimum absolute atomic E-state index is 0.00768. The molecule has 2 saturated carbocycles. The van der Waals surface area contributed by atoms with Crippen LogP contribution < -0.4 is 5.32 Å². The van der Waals surface area contributed by atoms with Gasteiger partial charge in [0.15, 0.2) is 9.84 Å². The van der Waals surface area contributed by atoms with Crippen molar-refractivity contribution in [2.24, 2.45) is 0 Å². The Balaban J connectivity index is 1.22. The van der Waals surface area contributed by atoms with Crippen LogP contribution in [0, 0.1) is 0 Å². The summed E-state index contributed by atoms with van der Waals surface area (Å²) in [5.74, 6) is 0. The van der Waals surface area contributed by atoms with E-state index in [1.165, 1.54) is 17.1 Å². The molecular formula is C23H25ClN4O3S2. The highest BCUT2D eigenvalue weighted by Crippen LogP contribution is 2.51. The van der Waals surface area contributed by atoms with Crippen molar-refractivity contribution >= 4 is 38.8 Å². The monoisotopic (exact) mass is 504 g/mol. The van der Waals surface area contributed by atoms with Gasteiger partial charge in [-0.25, -0.2) is 18.2 Å². The minimum atomic E-state index is -3.26. The Morgan fingerprint density at radius 1 is 1.18 bits per heavy atom. The second-order valence-corrected chi connectivity index (χ2v) is 12.9. The van der Waals surface area contributed by atoms with E-state index in [-0.39, 0.29) is 11.4 Å². The number of carbonyl (C=O) groups excluding carboxylic acids is 1. The normalized spacial score (nSPS) is 18.5. The van der Waals surface area contributed by atoms with Crippen LogP contribution >= 0.6 is 22.9 Å². The molecule has 2 fully saturated rings. The molecule has 1 N–H and O–H groups in total. The molecule has 7 nitrogen and oxygen atoms in total. The van der Waals surface area contributed by atoms with Gasteiger partial charge in [0.1, 0.15) is 4.75 Å². The second kappa shape index (κ2) is 8.21. The average Bonchev–Trinajstić information content (AvgIpc) is 3.19. The van der Waals surface area contributed by atoms with Crippen LogP contribution in [0.1, 0.15) is 49.2 Å². The van der Waals surface area contributed by atoms with Gasteiger partial charge in [-0.3, -0.25) is 0 Å². The highest BCUT2D eigenvalue weighted by atomic mass is 35.5. The Bertz CT molecular complexity index is 1290. The third-order valence-corrected chi connectivity index (χ3v) is 10.5. The first-order valence-corrected chi connectivity index (χ1v) is 14.1. The van der Waals surface area contributed by atoms with Crippen molar-refractivity contribution in [3.8, 4) is 10.4 Å². The number of sulfone groups is 1. The van der Waals surface area contributed by atoms with E-state index < -0.39 is 14.6 Å². The molecule has 3 aromatic rings. The van der Waals surface area contributed by atoms with Gasteiger partial charge in [0.25, 0.3) is 0 Å². The van der Waals surface area contributed by atoms with E-state index in [9.17, 15) is 13.2 Å². The number of amides is 1. The zero-order valence-corrected chi connectivity index (χ0v) is 20.6. The summed E-state index contributed by atoms with van der Waals surface area (Å²) in [5.41, 5.74) is 1.54. The van der Waals surface area contributed by atoms with Gasteiger partial charge in [0.05, 0.1) is 15.6 Å². The summed E-state index contributed by atoms with van der Waals surface area (Å²) < 4.78 is 24.5. The van der Waals surface area contributed by atoms with Gasteiger partial charge in [0, 0.05) is 35.6 Å². The summed E-state index contributed by atoms with van der Waals surface area (Å²) in [6, 6.07) is 9.05. The van der Waals surface area contributed by atoms with Gasteiger partial charge in [-0.05, 0) is 55.9 Å². The van der Waals surface area contributed by atoms with Crippen LogP contribution in [0.4, 0.5) is 4.79 Å². The number of benzene rings is 1. The van der Waals surface area contributed by atoms with Gasteiger partial charge < -0.3 is 5.32 Å². The molecule has 0 unspecified atom stereocenters. The Hall–Kier alpha value is -2.23. The Labute approximate surface area is 202 Å². The van der Waals surface area contributed by atoms with E-state index in [4.69, 9.17) is 16.6 Å². The van der Waals surface area contributed by atoms with Gasteiger partial charge in [0.2, 0.25) is 0 Å². The van der Waals surface area contributed by atoms with Gasteiger partial charge in [-0.2, -0.15) is 9.78 Å². The molecule has 1 aromatic carbocycles. The maximum Gasteiger partial charge on any atom is 0.342 e. The largest absolute Gasteiger partial charge is 0.342 e. The van der Waals surface area contributed by atoms with Crippen molar-refractivity contribution in [3.63, 3.8) is 0 Å². The van der Waals surface area contributed by atoms with E-state index in [2.05, 4.69) is 10.4 Å². The molecule has 2 aliphatic rings. The number of hydrogen-bond acceptors (Lipinski definition) is 6. The number of aromatic nitrogens is 3. The van der Waals surface area contributed by atoms with E-state index >= 15 is 0 Å². The third kappa shape index (κ3) is 4.11. The first-order chi connectivity index (χ1) is 15.7. The summed E-state index contributed by atoms with van der Waals surface area (Å²) in [4.78, 5) is 18.5. The van der Waals surface area contributed by atoms with Crippen LogP contribution in [0.5, 0.6) is 0 Å². The smallest absolute Gasteiger partial charge is 0.336 e. The van der Waals surface area contributed by atoms with E-state index in [0.717, 1.165) is 41.1 Å². The van der Waals surface area contributed by atoms with Crippen LogP contribution in [0.2, 0.25) is 5.02 Å². The lowest BCUT2D eigenvalue weighted by Crippen LogP contribution is -2.39. The van der Waals surface area contributed by atoms with Crippen LogP contribution in [0.25, 0.3) is 10.4 Å². The molecule has 0 radical (unpaired) electrons. The maximum atomic E-state index is 12.6. The molecule has 0 atom stereocenters. The molecule has 5 rings (SSSR count). The molecule has 2 aromatic heterocycles. The molecular weight excluding hydrogens is 480 g/mol. The number of carbonyl (C=O) groups is 1. The van der Waals surface area contributed by atoms with Crippen molar-refractivity contribution in [2.45, 2.75) is 48.7 Å². The van der Waals surface area contributed by atoms with Crippen LogP contribution in [-0.4, -0.2) is 42.0 Å². The van der Waals surface area contributed by atoms with Gasteiger partial charge in [-0.15, -0.1) is 11.3 Å². The quantitative estimate of drug-likeness (QED) is 0.500. The van der Waals surface area contributed by atoms with Crippen molar-refractivity contribution in [3.05, 3.63) is 58.4 Å².